The monoisotopic (exact) mass is 455 g/mol. The molecule has 0 radical (unpaired) electrons. The summed E-state index contributed by atoms with van der Waals surface area (Å²) in [6, 6.07) is 16.3. The Hall–Kier alpha value is -3.03. The lowest BCUT2D eigenvalue weighted by Crippen LogP contribution is -2.39. The Bertz CT molecular complexity index is 1150. The average molecular weight is 456 g/mol. The topological polar surface area (TPSA) is 53.0 Å². The predicted octanol–water partition coefficient (Wildman–Crippen LogP) is 4.99. The summed E-state index contributed by atoms with van der Waals surface area (Å²) in [4.78, 5) is 28.1. The second kappa shape index (κ2) is 8.99. The minimum absolute atomic E-state index is 0.183. The molecule has 0 spiro atoms. The Morgan fingerprint density at radius 1 is 1.19 bits per heavy atom. The number of hydrazone groups is 1. The van der Waals surface area contributed by atoms with E-state index in [2.05, 4.69) is 5.10 Å². The van der Waals surface area contributed by atoms with Crippen molar-refractivity contribution in [2.24, 2.45) is 5.10 Å². The van der Waals surface area contributed by atoms with Crippen molar-refractivity contribution in [1.82, 2.24) is 9.91 Å². The molecule has 158 valence electrons. The van der Waals surface area contributed by atoms with E-state index in [1.807, 2.05) is 35.7 Å². The van der Waals surface area contributed by atoms with Crippen molar-refractivity contribution in [2.75, 3.05) is 13.6 Å². The van der Waals surface area contributed by atoms with Crippen LogP contribution in [-0.2, 0) is 4.79 Å². The van der Waals surface area contributed by atoms with E-state index in [0.29, 0.717) is 11.4 Å². The Morgan fingerprint density at radius 3 is 2.71 bits per heavy atom. The summed E-state index contributed by atoms with van der Waals surface area (Å²) in [5.74, 6) is -1.29. The van der Waals surface area contributed by atoms with Gasteiger partial charge in [-0.1, -0.05) is 41.9 Å². The summed E-state index contributed by atoms with van der Waals surface area (Å²) < 4.78 is 13.5. The molecule has 4 rings (SSSR count). The van der Waals surface area contributed by atoms with Crippen molar-refractivity contribution >= 4 is 40.5 Å². The summed E-state index contributed by atoms with van der Waals surface area (Å²) in [5.41, 5.74) is 1.78. The van der Waals surface area contributed by atoms with Crippen LogP contribution in [-0.4, -0.2) is 41.0 Å². The van der Waals surface area contributed by atoms with Crippen LogP contribution in [0.5, 0.6) is 0 Å². The van der Waals surface area contributed by atoms with E-state index in [1.54, 1.807) is 17.4 Å². The number of rotatable bonds is 5. The number of hydrogen-bond acceptors (Lipinski definition) is 4. The predicted molar refractivity (Wildman–Crippen MR) is 120 cm³/mol. The number of likely N-dealkylation sites (N-methyl/N-ethyl adjacent to an activating group) is 1. The highest BCUT2D eigenvalue weighted by molar-refractivity contribution is 7.12. The molecule has 2 aromatic carbocycles. The first-order chi connectivity index (χ1) is 14.9. The average Bonchev–Trinajstić information content (AvgIpc) is 3.43. The Kier molecular flexibility index (Phi) is 6.15. The number of carbonyl (C=O) groups excluding carboxylic acids is 2. The standard InChI is InChI=1S/C23H19ClFN3O2S/c1-27(23(30)15-6-4-7-16(25)12-15)14-22(29)28-20(17-8-2-3-9-18(17)24)13-19(26-28)21-10-5-11-31-21/h2-12,20H,13-14H2,1H3. The number of halogens is 2. The van der Waals surface area contributed by atoms with Crippen LogP contribution in [0, 0.1) is 5.82 Å². The molecule has 1 atom stereocenters. The zero-order valence-electron chi connectivity index (χ0n) is 16.7. The first-order valence-electron chi connectivity index (χ1n) is 9.63. The molecular formula is C23H19ClFN3O2S. The van der Waals surface area contributed by atoms with E-state index < -0.39 is 11.7 Å². The molecule has 0 fully saturated rings. The van der Waals surface area contributed by atoms with Gasteiger partial charge >= 0.3 is 0 Å². The maximum Gasteiger partial charge on any atom is 0.262 e. The lowest BCUT2D eigenvalue weighted by Gasteiger charge is -2.25. The van der Waals surface area contributed by atoms with Gasteiger partial charge in [0.05, 0.1) is 16.6 Å². The van der Waals surface area contributed by atoms with Gasteiger partial charge in [0.15, 0.2) is 0 Å². The van der Waals surface area contributed by atoms with Crippen molar-refractivity contribution in [1.29, 1.82) is 0 Å². The lowest BCUT2D eigenvalue weighted by atomic mass is 10.0. The van der Waals surface area contributed by atoms with E-state index in [-0.39, 0.29) is 24.1 Å². The minimum atomic E-state index is -0.505. The van der Waals surface area contributed by atoms with Gasteiger partial charge in [-0.05, 0) is 41.3 Å². The van der Waals surface area contributed by atoms with E-state index >= 15 is 0 Å². The van der Waals surface area contributed by atoms with Crippen LogP contribution >= 0.6 is 22.9 Å². The zero-order chi connectivity index (χ0) is 22.0. The highest BCUT2D eigenvalue weighted by Crippen LogP contribution is 2.37. The minimum Gasteiger partial charge on any atom is -0.332 e. The number of amides is 2. The molecule has 0 bridgehead atoms. The number of nitrogens with zero attached hydrogens (tertiary/aromatic N) is 3. The van der Waals surface area contributed by atoms with Crippen molar-refractivity contribution in [3.05, 3.63) is 92.9 Å². The van der Waals surface area contributed by atoms with Crippen LogP contribution in [0.4, 0.5) is 4.39 Å². The number of benzene rings is 2. The zero-order valence-corrected chi connectivity index (χ0v) is 18.2. The highest BCUT2D eigenvalue weighted by atomic mass is 35.5. The largest absolute Gasteiger partial charge is 0.332 e. The van der Waals surface area contributed by atoms with E-state index in [4.69, 9.17) is 11.6 Å². The van der Waals surface area contributed by atoms with Crippen LogP contribution < -0.4 is 0 Å². The van der Waals surface area contributed by atoms with Gasteiger partial charge in [-0.3, -0.25) is 9.59 Å². The van der Waals surface area contributed by atoms with Crippen molar-refractivity contribution in [2.45, 2.75) is 12.5 Å². The van der Waals surface area contributed by atoms with Gasteiger partial charge in [0.1, 0.15) is 12.4 Å². The molecule has 0 saturated carbocycles. The molecule has 0 saturated heterocycles. The van der Waals surface area contributed by atoms with Gasteiger partial charge in [-0.2, -0.15) is 5.10 Å². The fraction of sp³-hybridized carbons (Fsp3) is 0.174. The summed E-state index contributed by atoms with van der Waals surface area (Å²) in [6.45, 7) is -0.197. The molecular weight excluding hydrogens is 437 g/mol. The van der Waals surface area contributed by atoms with Gasteiger partial charge in [-0.15, -0.1) is 11.3 Å². The van der Waals surface area contributed by atoms with Crippen molar-refractivity contribution < 1.29 is 14.0 Å². The second-order valence-electron chi connectivity index (χ2n) is 7.18. The van der Waals surface area contributed by atoms with E-state index in [1.165, 1.54) is 35.2 Å². The molecule has 0 N–H and O–H groups in total. The Labute approximate surface area is 188 Å². The summed E-state index contributed by atoms with van der Waals surface area (Å²) in [6.07, 6.45) is 0.525. The summed E-state index contributed by atoms with van der Waals surface area (Å²) in [5, 5.41) is 8.50. The fourth-order valence-electron chi connectivity index (χ4n) is 3.51. The molecule has 0 aliphatic carbocycles. The van der Waals surface area contributed by atoms with Gasteiger partial charge in [0.2, 0.25) is 0 Å². The molecule has 31 heavy (non-hydrogen) atoms. The lowest BCUT2D eigenvalue weighted by molar-refractivity contribution is -0.133. The number of hydrogen-bond donors (Lipinski definition) is 0. The summed E-state index contributed by atoms with van der Waals surface area (Å²) >= 11 is 7.96. The van der Waals surface area contributed by atoms with Crippen molar-refractivity contribution in [3.63, 3.8) is 0 Å². The SMILES string of the molecule is CN(CC(=O)N1N=C(c2cccs2)CC1c1ccccc1Cl)C(=O)c1cccc(F)c1. The number of thiophene rings is 1. The molecule has 3 aromatic rings. The normalized spacial score (nSPS) is 15.6. The van der Waals surface area contributed by atoms with E-state index in [0.717, 1.165) is 22.2 Å². The van der Waals surface area contributed by atoms with Gasteiger partial charge in [0.25, 0.3) is 11.8 Å². The second-order valence-corrected chi connectivity index (χ2v) is 8.53. The fourth-order valence-corrected chi connectivity index (χ4v) is 4.49. The van der Waals surface area contributed by atoms with Gasteiger partial charge in [-0.25, -0.2) is 9.40 Å². The molecule has 5 nitrogen and oxygen atoms in total. The maximum absolute atomic E-state index is 13.5. The third-order valence-corrected chi connectivity index (χ3v) is 6.29. The van der Waals surface area contributed by atoms with Crippen LogP contribution in [0.25, 0.3) is 0 Å². The molecule has 1 aliphatic heterocycles. The first kappa shape index (κ1) is 21.2. The van der Waals surface area contributed by atoms with Gasteiger partial charge < -0.3 is 4.90 Å². The molecule has 1 unspecified atom stereocenters. The van der Waals surface area contributed by atoms with Crippen LogP contribution in [0.3, 0.4) is 0 Å². The van der Waals surface area contributed by atoms with Crippen LogP contribution in [0.15, 0.2) is 71.1 Å². The third-order valence-electron chi connectivity index (χ3n) is 5.03. The molecule has 2 heterocycles. The van der Waals surface area contributed by atoms with E-state index in [9.17, 15) is 14.0 Å². The first-order valence-corrected chi connectivity index (χ1v) is 10.9. The van der Waals surface area contributed by atoms with Crippen LogP contribution in [0.2, 0.25) is 5.02 Å². The number of carbonyl (C=O) groups is 2. The smallest absolute Gasteiger partial charge is 0.262 e. The van der Waals surface area contributed by atoms with Crippen LogP contribution in [0.1, 0.15) is 33.3 Å². The Morgan fingerprint density at radius 2 is 2.00 bits per heavy atom. The van der Waals surface area contributed by atoms with Crippen molar-refractivity contribution in [3.8, 4) is 0 Å². The Balaban J connectivity index is 1.58. The van der Waals surface area contributed by atoms with Gasteiger partial charge in [0, 0.05) is 24.1 Å². The molecule has 2 amide bonds. The summed E-state index contributed by atoms with van der Waals surface area (Å²) in [7, 11) is 1.51. The molecule has 1 aromatic heterocycles. The third kappa shape index (κ3) is 4.52. The molecule has 8 heteroatoms. The maximum atomic E-state index is 13.5. The molecule has 1 aliphatic rings. The quantitative estimate of drug-likeness (QED) is 0.544. The highest BCUT2D eigenvalue weighted by Gasteiger charge is 2.35.